The fraction of sp³-hybridized carbons (Fsp3) is 0.333. The zero-order valence-corrected chi connectivity index (χ0v) is 19.5. The predicted octanol–water partition coefficient (Wildman–Crippen LogP) is 3.74. The quantitative estimate of drug-likeness (QED) is 0.210. The summed E-state index contributed by atoms with van der Waals surface area (Å²) in [5.74, 6) is -0.465. The number of amides is 2. The number of carbonyl (C=O) groups excluding carboxylic acids is 2. The highest BCUT2D eigenvalue weighted by atomic mass is 16.5. The molecule has 0 saturated carbocycles. The highest BCUT2D eigenvalue weighted by molar-refractivity contribution is 5.90. The van der Waals surface area contributed by atoms with E-state index in [4.69, 9.17) is 5.21 Å². The van der Waals surface area contributed by atoms with E-state index in [1.807, 2.05) is 19.1 Å². The molecular weight excluding hydrogens is 428 g/mol. The number of nitrogens with one attached hydrogen (secondary N) is 3. The summed E-state index contributed by atoms with van der Waals surface area (Å²) >= 11 is 0. The molecule has 4 N–H and O–H groups in total. The first kappa shape index (κ1) is 23.7. The zero-order chi connectivity index (χ0) is 23.9. The first-order valence-electron chi connectivity index (χ1n) is 11.9. The van der Waals surface area contributed by atoms with Gasteiger partial charge in [-0.1, -0.05) is 36.4 Å². The van der Waals surface area contributed by atoms with Gasteiger partial charge in [-0.15, -0.1) is 0 Å². The molecule has 1 atom stereocenters. The molecular formula is C27H32N4O3. The minimum Gasteiger partial charge on any atom is -0.361 e. The first-order chi connectivity index (χ1) is 16.6. The number of hydrogen-bond donors (Lipinski definition) is 4. The summed E-state index contributed by atoms with van der Waals surface area (Å²) in [4.78, 5) is 29.3. The second kappa shape index (κ2) is 11.1. The normalized spacial score (nSPS) is 15.2. The topological polar surface area (TPSA) is 97.5 Å². The van der Waals surface area contributed by atoms with Crippen LogP contribution in [0.25, 0.3) is 17.0 Å². The lowest BCUT2D eigenvalue weighted by Gasteiger charge is -2.29. The highest BCUT2D eigenvalue weighted by Gasteiger charge is 2.28. The van der Waals surface area contributed by atoms with Gasteiger partial charge in [0.25, 0.3) is 5.91 Å². The number of benzene rings is 2. The first-order valence-corrected chi connectivity index (χ1v) is 11.9. The third kappa shape index (κ3) is 5.55. The predicted molar refractivity (Wildman–Crippen MR) is 133 cm³/mol. The highest BCUT2D eigenvalue weighted by Crippen LogP contribution is 2.37. The molecule has 0 spiro atoms. The van der Waals surface area contributed by atoms with Crippen LogP contribution in [0.1, 0.15) is 48.1 Å². The van der Waals surface area contributed by atoms with Crippen LogP contribution < -0.4 is 10.8 Å². The third-order valence-corrected chi connectivity index (χ3v) is 6.53. The van der Waals surface area contributed by atoms with Gasteiger partial charge in [0, 0.05) is 55.3 Å². The molecule has 1 aliphatic rings. The van der Waals surface area contributed by atoms with Gasteiger partial charge in [0.15, 0.2) is 0 Å². The van der Waals surface area contributed by atoms with Crippen molar-refractivity contribution in [1.29, 1.82) is 0 Å². The van der Waals surface area contributed by atoms with Gasteiger partial charge >= 0.3 is 0 Å². The Morgan fingerprint density at radius 1 is 1.21 bits per heavy atom. The number of hydrogen-bond acceptors (Lipinski definition) is 4. The molecule has 1 aliphatic carbocycles. The van der Waals surface area contributed by atoms with E-state index in [1.54, 1.807) is 11.6 Å². The molecule has 1 aromatic heterocycles. The van der Waals surface area contributed by atoms with Gasteiger partial charge in [-0.05, 0) is 60.6 Å². The van der Waals surface area contributed by atoms with E-state index in [-0.39, 0.29) is 11.9 Å². The number of rotatable bonds is 10. The van der Waals surface area contributed by atoms with E-state index in [2.05, 4.69) is 51.7 Å². The maximum absolute atomic E-state index is 12.2. The van der Waals surface area contributed by atoms with Crippen molar-refractivity contribution in [3.05, 3.63) is 77.0 Å². The van der Waals surface area contributed by atoms with E-state index < -0.39 is 5.91 Å². The SMILES string of the molecule is CCNC(=O)CCN(CCc1c[nH]c2ccccc12)C1CCc2cc(/C=C/C(=O)NO)ccc21. The number of carbonyl (C=O) groups is 2. The van der Waals surface area contributed by atoms with Gasteiger partial charge < -0.3 is 10.3 Å². The Morgan fingerprint density at radius 2 is 2.06 bits per heavy atom. The number of H-pyrrole nitrogens is 1. The van der Waals surface area contributed by atoms with Crippen molar-refractivity contribution in [2.24, 2.45) is 0 Å². The van der Waals surface area contributed by atoms with Crippen LogP contribution in [0.2, 0.25) is 0 Å². The number of aryl methyl sites for hydroxylation is 1. The average molecular weight is 461 g/mol. The summed E-state index contributed by atoms with van der Waals surface area (Å²) in [5.41, 5.74) is 7.54. The molecule has 0 radical (unpaired) electrons. The smallest absolute Gasteiger partial charge is 0.267 e. The van der Waals surface area contributed by atoms with E-state index >= 15 is 0 Å². The molecule has 0 fully saturated rings. The lowest BCUT2D eigenvalue weighted by molar-refractivity contribution is -0.124. The van der Waals surface area contributed by atoms with Crippen molar-refractivity contribution < 1.29 is 14.8 Å². The Hall–Kier alpha value is -3.42. The van der Waals surface area contributed by atoms with E-state index in [1.165, 1.54) is 28.2 Å². The zero-order valence-electron chi connectivity index (χ0n) is 19.5. The second-order valence-corrected chi connectivity index (χ2v) is 8.67. The summed E-state index contributed by atoms with van der Waals surface area (Å²) in [7, 11) is 0. The van der Waals surface area contributed by atoms with Crippen LogP contribution in [-0.4, -0.2) is 46.5 Å². The number of fused-ring (bicyclic) bond motifs is 2. The van der Waals surface area contributed by atoms with Crippen molar-refractivity contribution in [2.45, 2.75) is 38.6 Å². The second-order valence-electron chi connectivity index (χ2n) is 8.67. The van der Waals surface area contributed by atoms with Crippen LogP contribution in [-0.2, 0) is 22.4 Å². The van der Waals surface area contributed by atoms with Crippen molar-refractivity contribution >= 4 is 28.8 Å². The van der Waals surface area contributed by atoms with Gasteiger partial charge in [0.05, 0.1) is 0 Å². The number of para-hydroxylation sites is 1. The molecule has 7 heteroatoms. The minimum absolute atomic E-state index is 0.0838. The number of hydroxylamine groups is 1. The van der Waals surface area contributed by atoms with Crippen LogP contribution in [0.5, 0.6) is 0 Å². The number of aromatic amines is 1. The Kier molecular flexibility index (Phi) is 7.77. The lowest BCUT2D eigenvalue weighted by atomic mass is 10.0. The van der Waals surface area contributed by atoms with E-state index in [0.29, 0.717) is 19.5 Å². The molecule has 7 nitrogen and oxygen atoms in total. The van der Waals surface area contributed by atoms with E-state index in [9.17, 15) is 9.59 Å². The monoisotopic (exact) mass is 460 g/mol. The van der Waals surface area contributed by atoms with Crippen LogP contribution >= 0.6 is 0 Å². The summed E-state index contributed by atoms with van der Waals surface area (Å²) in [6.45, 7) is 4.15. The summed E-state index contributed by atoms with van der Waals surface area (Å²) in [5, 5.41) is 12.8. The third-order valence-electron chi connectivity index (χ3n) is 6.53. The van der Waals surface area contributed by atoms with Crippen molar-refractivity contribution in [3.8, 4) is 0 Å². The van der Waals surface area contributed by atoms with Crippen LogP contribution in [0.4, 0.5) is 0 Å². The summed E-state index contributed by atoms with van der Waals surface area (Å²) < 4.78 is 0. The molecule has 0 saturated heterocycles. The number of nitrogens with zero attached hydrogens (tertiary/aromatic N) is 1. The minimum atomic E-state index is -0.549. The Morgan fingerprint density at radius 3 is 2.88 bits per heavy atom. The molecule has 2 aromatic carbocycles. The van der Waals surface area contributed by atoms with Crippen LogP contribution in [0.3, 0.4) is 0 Å². The van der Waals surface area contributed by atoms with Gasteiger partial charge in [-0.25, -0.2) is 5.48 Å². The van der Waals surface area contributed by atoms with Gasteiger partial charge in [-0.2, -0.15) is 0 Å². The largest absolute Gasteiger partial charge is 0.361 e. The lowest BCUT2D eigenvalue weighted by Crippen LogP contribution is -2.34. The summed E-state index contributed by atoms with van der Waals surface area (Å²) in [6.07, 6.45) is 8.45. The summed E-state index contributed by atoms with van der Waals surface area (Å²) in [6, 6.07) is 14.8. The molecule has 178 valence electrons. The average Bonchev–Trinajstić information content (AvgIpc) is 3.47. The fourth-order valence-electron chi connectivity index (χ4n) is 4.86. The Bertz CT molecular complexity index is 1180. The number of aromatic nitrogens is 1. The molecule has 3 aromatic rings. The van der Waals surface area contributed by atoms with Crippen molar-refractivity contribution in [2.75, 3.05) is 19.6 Å². The van der Waals surface area contributed by atoms with Gasteiger partial charge in [-0.3, -0.25) is 19.7 Å². The van der Waals surface area contributed by atoms with E-state index in [0.717, 1.165) is 36.9 Å². The van der Waals surface area contributed by atoms with Crippen LogP contribution in [0, 0.1) is 0 Å². The Balaban J connectivity index is 1.51. The molecule has 1 heterocycles. The molecule has 2 amide bonds. The molecule has 1 unspecified atom stereocenters. The fourth-order valence-corrected chi connectivity index (χ4v) is 4.86. The van der Waals surface area contributed by atoms with Crippen LogP contribution in [0.15, 0.2) is 54.7 Å². The van der Waals surface area contributed by atoms with Crippen molar-refractivity contribution in [1.82, 2.24) is 20.7 Å². The molecule has 4 rings (SSSR count). The van der Waals surface area contributed by atoms with Crippen molar-refractivity contribution in [3.63, 3.8) is 0 Å². The molecule has 0 aliphatic heterocycles. The maximum atomic E-state index is 12.2. The molecule has 34 heavy (non-hydrogen) atoms. The standard InChI is InChI=1S/C27H32N4O3/c1-2-28-26(32)14-16-31(15-13-21-18-29-24-6-4-3-5-22(21)24)25-11-9-20-17-19(7-10-23(20)25)8-12-27(33)30-34/h3-8,10,12,17-18,25,29,34H,2,9,11,13-16H2,1H3,(H,28,32)(H,30,33)/b12-8+. The maximum Gasteiger partial charge on any atom is 0.267 e. The van der Waals surface area contributed by atoms with Gasteiger partial charge in [0.2, 0.25) is 5.91 Å². The van der Waals surface area contributed by atoms with Gasteiger partial charge in [0.1, 0.15) is 0 Å². The Labute approximate surface area is 199 Å². The molecule has 0 bridgehead atoms.